The molecule has 0 bridgehead atoms. The predicted molar refractivity (Wildman–Crippen MR) is 69.8 cm³/mol. The van der Waals surface area contributed by atoms with Crippen molar-refractivity contribution in [1.82, 2.24) is 24.6 Å². The van der Waals surface area contributed by atoms with E-state index in [1.165, 1.54) is 0 Å². The van der Waals surface area contributed by atoms with Gasteiger partial charge >= 0.3 is 0 Å². The van der Waals surface area contributed by atoms with Crippen LogP contribution in [0.4, 0.5) is 0 Å². The molecule has 3 rings (SSSR count). The quantitative estimate of drug-likeness (QED) is 0.789. The number of methoxy groups -OCH3 is 1. The first-order chi connectivity index (χ1) is 9.78. The van der Waals surface area contributed by atoms with Crippen molar-refractivity contribution in [2.45, 2.75) is 19.2 Å². The number of hydrogen-bond donors (Lipinski definition) is 0. The number of amides is 1. The number of carbonyl (C=O) groups excluding carboxylic acids is 1. The van der Waals surface area contributed by atoms with E-state index in [2.05, 4.69) is 15.1 Å². The van der Waals surface area contributed by atoms with Crippen LogP contribution in [0, 0.1) is 0 Å². The minimum Gasteiger partial charge on any atom is -0.378 e. The van der Waals surface area contributed by atoms with Crippen LogP contribution in [-0.2, 0) is 17.8 Å². The monoisotopic (exact) mass is 273 g/mol. The van der Waals surface area contributed by atoms with E-state index in [1.54, 1.807) is 36.7 Å². The van der Waals surface area contributed by atoms with Crippen LogP contribution in [0.5, 0.6) is 0 Å². The molecule has 20 heavy (non-hydrogen) atoms. The molecule has 0 radical (unpaired) electrons. The average Bonchev–Trinajstić information content (AvgIpc) is 2.85. The topological polar surface area (TPSA) is 73.1 Å². The van der Waals surface area contributed by atoms with Crippen molar-refractivity contribution in [3.05, 3.63) is 42.2 Å². The van der Waals surface area contributed by atoms with E-state index in [1.807, 2.05) is 10.7 Å². The van der Waals surface area contributed by atoms with Crippen LogP contribution in [0.15, 0.2) is 30.7 Å². The lowest BCUT2D eigenvalue weighted by Gasteiger charge is -2.22. The second-order valence-corrected chi connectivity index (χ2v) is 4.62. The van der Waals surface area contributed by atoms with Crippen LogP contribution in [0.1, 0.15) is 16.3 Å². The highest BCUT2D eigenvalue weighted by molar-refractivity contribution is 5.90. The predicted octanol–water partition coefficient (Wildman–Crippen LogP) is 0.344. The van der Waals surface area contributed by atoms with E-state index in [-0.39, 0.29) is 17.8 Å². The number of aromatic nitrogens is 4. The molecule has 1 aliphatic heterocycles. The lowest BCUT2D eigenvalue weighted by Crippen LogP contribution is -2.37. The number of hydrogen-bond acceptors (Lipinski definition) is 5. The molecule has 0 spiro atoms. The Hall–Kier alpha value is -2.28. The van der Waals surface area contributed by atoms with E-state index in [4.69, 9.17) is 4.74 Å². The van der Waals surface area contributed by atoms with Crippen molar-refractivity contribution in [3.63, 3.8) is 0 Å². The van der Waals surface area contributed by atoms with Gasteiger partial charge in [0.05, 0.1) is 24.9 Å². The maximum Gasteiger partial charge on any atom is 0.292 e. The molecule has 3 heterocycles. The SMILES string of the molecule is COC1CN(C(=O)c2ncccn2)Cc2ccnn2C1. The Kier molecular flexibility index (Phi) is 3.42. The second-order valence-electron chi connectivity index (χ2n) is 4.62. The smallest absolute Gasteiger partial charge is 0.292 e. The van der Waals surface area contributed by atoms with Crippen LogP contribution in [0.2, 0.25) is 0 Å². The molecule has 1 aliphatic rings. The molecule has 7 nitrogen and oxygen atoms in total. The van der Waals surface area contributed by atoms with Crippen molar-refractivity contribution in [1.29, 1.82) is 0 Å². The summed E-state index contributed by atoms with van der Waals surface area (Å²) in [5.41, 5.74) is 0.980. The summed E-state index contributed by atoms with van der Waals surface area (Å²) in [4.78, 5) is 22.2. The molecule has 2 aromatic heterocycles. The van der Waals surface area contributed by atoms with E-state index in [9.17, 15) is 4.79 Å². The summed E-state index contributed by atoms with van der Waals surface area (Å²) >= 11 is 0. The summed E-state index contributed by atoms with van der Waals surface area (Å²) in [5, 5.41) is 4.25. The number of carbonyl (C=O) groups is 1. The average molecular weight is 273 g/mol. The summed E-state index contributed by atoms with van der Waals surface area (Å²) in [6, 6.07) is 3.59. The molecular formula is C13H15N5O2. The fourth-order valence-corrected chi connectivity index (χ4v) is 2.27. The molecule has 0 aliphatic carbocycles. The van der Waals surface area contributed by atoms with E-state index in [0.29, 0.717) is 19.6 Å². The van der Waals surface area contributed by atoms with Crippen molar-refractivity contribution in [2.75, 3.05) is 13.7 Å². The summed E-state index contributed by atoms with van der Waals surface area (Å²) in [6.07, 6.45) is 4.77. The molecule has 0 fully saturated rings. The van der Waals surface area contributed by atoms with Crippen LogP contribution >= 0.6 is 0 Å². The van der Waals surface area contributed by atoms with Crippen LogP contribution in [0.25, 0.3) is 0 Å². The van der Waals surface area contributed by atoms with Gasteiger partial charge in [0.2, 0.25) is 5.82 Å². The fraction of sp³-hybridized carbons (Fsp3) is 0.385. The Morgan fingerprint density at radius 1 is 1.30 bits per heavy atom. The minimum absolute atomic E-state index is 0.0937. The first-order valence-electron chi connectivity index (χ1n) is 6.37. The van der Waals surface area contributed by atoms with Gasteiger partial charge < -0.3 is 9.64 Å². The highest BCUT2D eigenvalue weighted by Crippen LogP contribution is 2.14. The number of ether oxygens (including phenoxy) is 1. The highest BCUT2D eigenvalue weighted by Gasteiger charge is 2.27. The first-order valence-corrected chi connectivity index (χ1v) is 6.37. The van der Waals surface area contributed by atoms with Gasteiger partial charge in [-0.25, -0.2) is 9.97 Å². The van der Waals surface area contributed by atoms with E-state index < -0.39 is 0 Å². The Labute approximate surface area is 116 Å². The minimum atomic E-state index is -0.192. The molecule has 1 amide bonds. The zero-order valence-corrected chi connectivity index (χ0v) is 11.1. The molecule has 0 N–H and O–H groups in total. The summed E-state index contributed by atoms with van der Waals surface area (Å²) in [6.45, 7) is 1.62. The zero-order valence-electron chi connectivity index (χ0n) is 11.1. The van der Waals surface area contributed by atoms with Gasteiger partial charge in [-0.15, -0.1) is 0 Å². The fourth-order valence-electron chi connectivity index (χ4n) is 2.27. The number of rotatable bonds is 2. The molecule has 0 saturated heterocycles. The van der Waals surface area contributed by atoms with E-state index in [0.717, 1.165) is 5.69 Å². The van der Waals surface area contributed by atoms with Gasteiger partial charge in [-0.3, -0.25) is 9.48 Å². The third-order valence-electron chi connectivity index (χ3n) is 3.34. The number of nitrogens with zero attached hydrogens (tertiary/aromatic N) is 5. The van der Waals surface area contributed by atoms with Gasteiger partial charge in [0, 0.05) is 32.2 Å². The van der Waals surface area contributed by atoms with Crippen molar-refractivity contribution >= 4 is 5.91 Å². The van der Waals surface area contributed by atoms with Crippen LogP contribution in [-0.4, -0.2) is 50.3 Å². The van der Waals surface area contributed by atoms with Gasteiger partial charge in [0.25, 0.3) is 5.91 Å². The third kappa shape index (κ3) is 2.39. The van der Waals surface area contributed by atoms with Gasteiger partial charge in [-0.2, -0.15) is 5.10 Å². The Balaban J connectivity index is 1.87. The number of fused-ring (bicyclic) bond motifs is 1. The first kappa shape index (κ1) is 12.7. The maximum absolute atomic E-state index is 12.5. The highest BCUT2D eigenvalue weighted by atomic mass is 16.5. The molecule has 104 valence electrons. The molecule has 1 unspecified atom stereocenters. The maximum atomic E-state index is 12.5. The zero-order chi connectivity index (χ0) is 13.9. The molecule has 7 heteroatoms. The molecule has 0 saturated carbocycles. The second kappa shape index (κ2) is 5.38. The summed E-state index contributed by atoms with van der Waals surface area (Å²) in [5.74, 6) is 0.0117. The van der Waals surface area contributed by atoms with Gasteiger partial charge in [0.15, 0.2) is 0 Å². The Bertz CT molecular complexity index is 598. The molecular weight excluding hydrogens is 258 g/mol. The van der Waals surface area contributed by atoms with Crippen molar-refractivity contribution in [3.8, 4) is 0 Å². The van der Waals surface area contributed by atoms with Crippen molar-refractivity contribution in [2.24, 2.45) is 0 Å². The normalized spacial score (nSPS) is 18.4. The lowest BCUT2D eigenvalue weighted by atomic mass is 10.3. The van der Waals surface area contributed by atoms with Gasteiger partial charge in [-0.1, -0.05) is 0 Å². The molecule has 0 aromatic carbocycles. The Morgan fingerprint density at radius 2 is 2.10 bits per heavy atom. The van der Waals surface area contributed by atoms with Crippen LogP contribution in [0.3, 0.4) is 0 Å². The summed E-state index contributed by atoms with van der Waals surface area (Å²) < 4.78 is 7.29. The molecule has 2 aromatic rings. The Morgan fingerprint density at radius 3 is 2.85 bits per heavy atom. The third-order valence-corrected chi connectivity index (χ3v) is 3.34. The summed E-state index contributed by atoms with van der Waals surface area (Å²) in [7, 11) is 1.64. The largest absolute Gasteiger partial charge is 0.378 e. The molecule has 1 atom stereocenters. The van der Waals surface area contributed by atoms with Crippen LogP contribution < -0.4 is 0 Å². The van der Waals surface area contributed by atoms with Gasteiger partial charge in [-0.05, 0) is 12.1 Å². The van der Waals surface area contributed by atoms with E-state index >= 15 is 0 Å². The van der Waals surface area contributed by atoms with Gasteiger partial charge in [0.1, 0.15) is 0 Å². The standard InChI is InChI=1S/C13H15N5O2/c1-20-11-8-17(7-10-3-6-16-18(10)9-11)13(19)12-14-4-2-5-15-12/h2-6,11H,7-9H2,1H3. The lowest BCUT2D eigenvalue weighted by molar-refractivity contribution is 0.0442. The van der Waals surface area contributed by atoms with Crippen molar-refractivity contribution < 1.29 is 9.53 Å².